The summed E-state index contributed by atoms with van der Waals surface area (Å²) in [6.45, 7) is 0.451. The van der Waals surface area contributed by atoms with Gasteiger partial charge in [0.15, 0.2) is 5.69 Å². The molecule has 0 atom stereocenters. The zero-order chi connectivity index (χ0) is 24.6. The van der Waals surface area contributed by atoms with Crippen LogP contribution in [0, 0.1) is 5.92 Å². The lowest BCUT2D eigenvalue weighted by molar-refractivity contribution is -0.145. The number of aromatic hydroxyl groups is 1. The summed E-state index contributed by atoms with van der Waals surface area (Å²) < 4.78 is 1.33. The first-order chi connectivity index (χ1) is 16.1. The Labute approximate surface area is 201 Å². The smallest absolute Gasteiger partial charge is 0.311 e. The third-order valence-electron chi connectivity index (χ3n) is 6.68. The number of nitrogens with zero attached hydrogens (tertiary/aromatic N) is 3. The summed E-state index contributed by atoms with van der Waals surface area (Å²) in [6.07, 6.45) is 8.52. The average Bonchev–Trinajstić information content (AvgIpc) is 3.06. The fourth-order valence-electron chi connectivity index (χ4n) is 4.73. The Balaban J connectivity index is 1.70. The van der Waals surface area contributed by atoms with Crippen LogP contribution in [0.1, 0.15) is 48.4 Å². The highest BCUT2D eigenvalue weighted by Crippen LogP contribution is 2.42. The Morgan fingerprint density at radius 3 is 2.65 bits per heavy atom. The van der Waals surface area contributed by atoms with Crippen molar-refractivity contribution in [2.45, 2.75) is 44.2 Å². The highest BCUT2D eigenvalue weighted by atomic mass is 32.1. The van der Waals surface area contributed by atoms with Gasteiger partial charge in [-0.2, -0.15) is 0 Å². The summed E-state index contributed by atoms with van der Waals surface area (Å²) in [5.74, 6) is -2.64. The molecule has 5 rings (SSSR count). The number of rotatable bonds is 4. The summed E-state index contributed by atoms with van der Waals surface area (Å²) >= 11 is 5.31. The fourth-order valence-corrected chi connectivity index (χ4v) is 4.96. The van der Waals surface area contributed by atoms with Gasteiger partial charge in [0.05, 0.1) is 5.54 Å². The molecule has 3 N–H and O–H groups in total. The Morgan fingerprint density at radius 1 is 1.29 bits per heavy atom. The van der Waals surface area contributed by atoms with Crippen molar-refractivity contribution >= 4 is 34.8 Å². The minimum Gasteiger partial charge on any atom is -0.501 e. The van der Waals surface area contributed by atoms with Crippen molar-refractivity contribution in [1.82, 2.24) is 25.1 Å². The summed E-state index contributed by atoms with van der Waals surface area (Å²) in [4.78, 5) is 57.3. The van der Waals surface area contributed by atoms with Crippen LogP contribution < -0.4 is 16.2 Å². The van der Waals surface area contributed by atoms with Gasteiger partial charge in [-0.3, -0.25) is 23.7 Å². The normalized spacial score (nSPS) is 22.9. The maximum absolute atomic E-state index is 13.1. The van der Waals surface area contributed by atoms with Gasteiger partial charge in [0.1, 0.15) is 5.82 Å². The van der Waals surface area contributed by atoms with Crippen molar-refractivity contribution in [3.8, 4) is 5.75 Å². The van der Waals surface area contributed by atoms with E-state index in [0.717, 1.165) is 5.57 Å². The van der Waals surface area contributed by atoms with Gasteiger partial charge >= 0.3 is 11.8 Å². The monoisotopic (exact) mass is 485 g/mol. The lowest BCUT2D eigenvalue weighted by Crippen LogP contribution is -2.53. The number of allylic oxidation sites excluding steroid dienone is 3. The summed E-state index contributed by atoms with van der Waals surface area (Å²) in [6, 6.07) is 0. The summed E-state index contributed by atoms with van der Waals surface area (Å²) in [5, 5.41) is 16.0. The molecule has 3 heterocycles. The summed E-state index contributed by atoms with van der Waals surface area (Å²) in [5.41, 5.74) is -1.47. The van der Waals surface area contributed by atoms with Crippen LogP contribution in [0.25, 0.3) is 0 Å². The molecule has 2 bridgehead atoms. The minimum absolute atomic E-state index is 0.128. The first-order valence-corrected chi connectivity index (χ1v) is 11.6. The van der Waals surface area contributed by atoms with Crippen molar-refractivity contribution < 1.29 is 19.5 Å². The van der Waals surface area contributed by atoms with Crippen molar-refractivity contribution in [3.05, 3.63) is 45.7 Å². The topological polar surface area (TPSA) is 134 Å². The Bertz CT molecular complexity index is 1190. The second-order valence-electron chi connectivity index (χ2n) is 9.16. The van der Waals surface area contributed by atoms with Gasteiger partial charge in [-0.05, 0) is 37.2 Å². The van der Waals surface area contributed by atoms with Crippen LogP contribution >= 0.6 is 12.2 Å². The second-order valence-corrected chi connectivity index (χ2v) is 9.65. The van der Waals surface area contributed by atoms with E-state index in [4.69, 9.17) is 12.2 Å². The number of fused-ring (bicyclic) bond motifs is 2. The van der Waals surface area contributed by atoms with Gasteiger partial charge in [0, 0.05) is 38.5 Å². The van der Waals surface area contributed by atoms with E-state index in [-0.39, 0.29) is 18.3 Å². The van der Waals surface area contributed by atoms with Gasteiger partial charge in [-0.1, -0.05) is 30.4 Å². The quantitative estimate of drug-likeness (QED) is 0.419. The van der Waals surface area contributed by atoms with E-state index in [9.17, 15) is 24.3 Å². The van der Waals surface area contributed by atoms with Crippen LogP contribution in [0.3, 0.4) is 0 Å². The lowest BCUT2D eigenvalue weighted by atomic mass is 9.77. The Kier molecular flexibility index (Phi) is 6.39. The molecule has 10 nitrogen and oxygen atoms in total. The fraction of sp³-hybridized carbons (Fsp3) is 0.478. The summed E-state index contributed by atoms with van der Waals surface area (Å²) in [7, 11) is 2.95. The number of hydrogen-bond acceptors (Lipinski definition) is 7. The minimum atomic E-state index is -1.09. The molecule has 34 heavy (non-hydrogen) atoms. The number of nitrogens with one attached hydrogen (secondary N) is 2. The number of likely N-dealkylation sites (N-methyl/N-ethyl adjacent to an activating group) is 1. The number of amides is 3. The SMILES string of the molecule is CN(C)C(=O)C(=O)NC12CCC(CC1)Cn1c2nc(C(=O)NCC2=CC=CCC2=S)c(O)c1=O. The molecule has 0 spiro atoms. The van der Waals surface area contributed by atoms with Crippen molar-refractivity contribution in [2.24, 2.45) is 5.92 Å². The number of carbonyl (C=O) groups excluding carboxylic acids is 3. The van der Waals surface area contributed by atoms with Gasteiger partial charge in [-0.25, -0.2) is 4.98 Å². The Morgan fingerprint density at radius 2 is 2.00 bits per heavy atom. The van der Waals surface area contributed by atoms with Crippen LogP contribution in [0.15, 0.2) is 28.6 Å². The van der Waals surface area contributed by atoms with Crippen LogP contribution in [0.2, 0.25) is 0 Å². The second kappa shape index (κ2) is 9.13. The number of aromatic nitrogens is 2. The van der Waals surface area contributed by atoms with Crippen molar-refractivity contribution in [3.63, 3.8) is 0 Å². The van der Waals surface area contributed by atoms with E-state index >= 15 is 0 Å². The third kappa shape index (κ3) is 4.27. The molecule has 2 aliphatic heterocycles. The van der Waals surface area contributed by atoms with E-state index in [0.29, 0.717) is 43.5 Å². The molecule has 4 aliphatic rings. The van der Waals surface area contributed by atoms with Crippen LogP contribution in [0.5, 0.6) is 5.75 Å². The molecule has 1 aromatic heterocycles. The van der Waals surface area contributed by atoms with E-state index < -0.39 is 40.3 Å². The molecule has 180 valence electrons. The average molecular weight is 486 g/mol. The standard InChI is InChI=1S/C23H27N5O5S/c1-27(2)21(33)19(31)26-23-9-7-13(8-10-23)12-28-20(32)17(29)16(25-22(23)28)18(30)24-11-14-5-3-4-6-15(14)34/h3-5,13,29H,6-12H2,1-2H3,(H,24,30)(H,26,31). The van der Waals surface area contributed by atoms with E-state index in [1.807, 2.05) is 12.2 Å². The predicted octanol–water partition coefficient (Wildman–Crippen LogP) is 0.538. The molecule has 0 aromatic carbocycles. The van der Waals surface area contributed by atoms with Crippen LogP contribution in [-0.4, -0.2) is 62.8 Å². The highest BCUT2D eigenvalue weighted by Gasteiger charge is 2.46. The number of hydrogen-bond donors (Lipinski definition) is 3. The first-order valence-electron chi connectivity index (χ1n) is 11.2. The van der Waals surface area contributed by atoms with Gasteiger partial charge < -0.3 is 20.6 Å². The van der Waals surface area contributed by atoms with Crippen LogP contribution in [0.4, 0.5) is 0 Å². The maximum Gasteiger partial charge on any atom is 0.311 e. The number of thiocarbonyl (C=S) groups is 1. The van der Waals surface area contributed by atoms with Crippen LogP contribution in [-0.2, 0) is 21.7 Å². The van der Waals surface area contributed by atoms with E-state index in [1.54, 1.807) is 6.08 Å². The highest BCUT2D eigenvalue weighted by molar-refractivity contribution is 7.80. The molecule has 1 aromatic rings. The molecule has 0 radical (unpaired) electrons. The molecular weight excluding hydrogens is 458 g/mol. The van der Waals surface area contributed by atoms with Gasteiger partial charge in [0.25, 0.3) is 11.5 Å². The van der Waals surface area contributed by atoms with Crippen molar-refractivity contribution in [1.29, 1.82) is 0 Å². The molecule has 3 amide bonds. The largest absolute Gasteiger partial charge is 0.501 e. The lowest BCUT2D eigenvalue weighted by Gasteiger charge is -2.37. The first kappa shape index (κ1) is 23.8. The van der Waals surface area contributed by atoms with Crippen molar-refractivity contribution in [2.75, 3.05) is 20.6 Å². The molecule has 0 saturated heterocycles. The number of carbonyl (C=O) groups is 3. The predicted molar refractivity (Wildman–Crippen MR) is 127 cm³/mol. The molecule has 2 aliphatic carbocycles. The zero-order valence-electron chi connectivity index (χ0n) is 19.1. The van der Waals surface area contributed by atoms with E-state index in [1.165, 1.54) is 23.6 Å². The molecular formula is C23H27N5O5S. The zero-order valence-corrected chi connectivity index (χ0v) is 19.9. The third-order valence-corrected chi connectivity index (χ3v) is 7.10. The molecule has 1 fully saturated rings. The maximum atomic E-state index is 13.1. The van der Waals surface area contributed by atoms with Gasteiger partial charge in [-0.15, -0.1) is 0 Å². The molecule has 0 unspecified atom stereocenters. The Hall–Kier alpha value is -3.34. The molecule has 1 saturated carbocycles. The van der Waals surface area contributed by atoms with Gasteiger partial charge in [0.2, 0.25) is 5.75 Å². The van der Waals surface area contributed by atoms with E-state index in [2.05, 4.69) is 15.6 Å². The molecule has 11 heteroatoms.